The number of ether oxygens (including phenoxy) is 1. The minimum Gasteiger partial charge on any atom is -0.481 e. The SMILES string of the molecule is C.C[C@@H](COC(C)(C)C)C(=O)O. The van der Waals surface area contributed by atoms with E-state index in [1.54, 1.807) is 6.92 Å². The average molecular weight is 176 g/mol. The molecule has 0 heterocycles. The maximum atomic E-state index is 10.3. The molecule has 0 aliphatic rings. The zero-order chi connectivity index (χ0) is 9.07. The molecule has 0 aliphatic heterocycles. The molecule has 0 aromatic carbocycles. The van der Waals surface area contributed by atoms with E-state index in [4.69, 9.17) is 9.84 Å². The minimum atomic E-state index is -0.811. The fourth-order valence-electron chi connectivity index (χ4n) is 0.446. The molecule has 0 amide bonds. The lowest BCUT2D eigenvalue weighted by Crippen LogP contribution is -2.25. The number of rotatable bonds is 3. The molecular formula is C9H20O3. The van der Waals surface area contributed by atoms with Gasteiger partial charge in [0.05, 0.1) is 18.1 Å². The van der Waals surface area contributed by atoms with Gasteiger partial charge in [0.2, 0.25) is 0 Å². The lowest BCUT2D eigenvalue weighted by atomic mass is 10.1. The van der Waals surface area contributed by atoms with Gasteiger partial charge < -0.3 is 9.84 Å². The van der Waals surface area contributed by atoms with Crippen LogP contribution in [0.15, 0.2) is 0 Å². The van der Waals surface area contributed by atoms with Gasteiger partial charge in [-0.1, -0.05) is 7.43 Å². The van der Waals surface area contributed by atoms with Crippen molar-refractivity contribution in [2.24, 2.45) is 5.92 Å². The van der Waals surface area contributed by atoms with Crippen LogP contribution in [0.25, 0.3) is 0 Å². The Balaban J connectivity index is 0. The Morgan fingerprint density at radius 2 is 1.92 bits per heavy atom. The average Bonchev–Trinajstić information content (AvgIpc) is 1.80. The van der Waals surface area contributed by atoms with Crippen molar-refractivity contribution >= 4 is 5.97 Å². The topological polar surface area (TPSA) is 46.5 Å². The van der Waals surface area contributed by atoms with Crippen LogP contribution in [-0.2, 0) is 9.53 Å². The Hall–Kier alpha value is -0.570. The molecule has 1 atom stereocenters. The van der Waals surface area contributed by atoms with Crippen LogP contribution in [0.2, 0.25) is 0 Å². The van der Waals surface area contributed by atoms with Gasteiger partial charge in [0, 0.05) is 0 Å². The second-order valence-corrected chi connectivity index (χ2v) is 3.66. The third kappa shape index (κ3) is 7.54. The minimum absolute atomic E-state index is 0. The summed E-state index contributed by atoms with van der Waals surface area (Å²) in [6.45, 7) is 7.62. The van der Waals surface area contributed by atoms with Crippen LogP contribution in [0, 0.1) is 5.92 Å². The van der Waals surface area contributed by atoms with Crippen LogP contribution in [0.3, 0.4) is 0 Å². The summed E-state index contributed by atoms with van der Waals surface area (Å²) >= 11 is 0. The highest BCUT2D eigenvalue weighted by Crippen LogP contribution is 2.09. The molecule has 0 fully saturated rings. The van der Waals surface area contributed by atoms with Crippen molar-refractivity contribution in [1.82, 2.24) is 0 Å². The third-order valence-corrected chi connectivity index (χ3v) is 1.19. The van der Waals surface area contributed by atoms with E-state index in [2.05, 4.69) is 0 Å². The predicted octanol–water partition coefficient (Wildman–Crippen LogP) is 2.16. The van der Waals surface area contributed by atoms with Gasteiger partial charge in [-0.3, -0.25) is 4.79 Å². The number of carboxylic acids is 1. The summed E-state index contributed by atoms with van der Waals surface area (Å²) in [5.41, 5.74) is -0.246. The summed E-state index contributed by atoms with van der Waals surface area (Å²) in [5.74, 6) is -1.23. The standard InChI is InChI=1S/C8H16O3.CH4/c1-6(7(9)10)5-11-8(2,3)4;/h6H,5H2,1-4H3,(H,9,10);1H4/t6-;/m0./s1. The second-order valence-electron chi connectivity index (χ2n) is 3.66. The molecule has 0 aromatic heterocycles. The quantitative estimate of drug-likeness (QED) is 0.716. The third-order valence-electron chi connectivity index (χ3n) is 1.19. The monoisotopic (exact) mass is 176 g/mol. The zero-order valence-corrected chi connectivity index (χ0v) is 7.55. The van der Waals surface area contributed by atoms with Crippen molar-refractivity contribution in [1.29, 1.82) is 0 Å². The molecule has 0 radical (unpaired) electrons. The summed E-state index contributed by atoms with van der Waals surface area (Å²) in [6.07, 6.45) is 0. The molecule has 3 heteroatoms. The maximum absolute atomic E-state index is 10.3. The van der Waals surface area contributed by atoms with Crippen LogP contribution >= 0.6 is 0 Å². The number of carboxylic acid groups (broad SMARTS) is 1. The molecular weight excluding hydrogens is 156 g/mol. The van der Waals surface area contributed by atoms with Gasteiger partial charge in [-0.25, -0.2) is 0 Å². The van der Waals surface area contributed by atoms with Crippen LogP contribution in [-0.4, -0.2) is 23.3 Å². The van der Waals surface area contributed by atoms with Crippen LogP contribution < -0.4 is 0 Å². The highest BCUT2D eigenvalue weighted by molar-refractivity contribution is 5.69. The van der Waals surface area contributed by atoms with E-state index in [-0.39, 0.29) is 19.6 Å². The number of hydrogen-bond acceptors (Lipinski definition) is 2. The van der Waals surface area contributed by atoms with E-state index >= 15 is 0 Å². The highest BCUT2D eigenvalue weighted by Gasteiger charge is 2.16. The Kier molecular flexibility index (Phi) is 5.99. The maximum Gasteiger partial charge on any atom is 0.308 e. The number of aliphatic carboxylic acids is 1. The normalized spacial score (nSPS) is 13.3. The molecule has 0 aliphatic carbocycles. The van der Waals surface area contributed by atoms with E-state index in [9.17, 15) is 4.79 Å². The first-order valence-corrected chi connectivity index (χ1v) is 3.69. The van der Waals surface area contributed by atoms with Crippen molar-refractivity contribution in [3.05, 3.63) is 0 Å². The molecule has 0 saturated heterocycles. The van der Waals surface area contributed by atoms with E-state index in [1.807, 2.05) is 20.8 Å². The lowest BCUT2D eigenvalue weighted by Gasteiger charge is -2.20. The van der Waals surface area contributed by atoms with Crippen molar-refractivity contribution < 1.29 is 14.6 Å². The van der Waals surface area contributed by atoms with Crippen LogP contribution in [0.4, 0.5) is 0 Å². The van der Waals surface area contributed by atoms with E-state index < -0.39 is 11.9 Å². The van der Waals surface area contributed by atoms with Gasteiger partial charge in [-0.15, -0.1) is 0 Å². The zero-order valence-electron chi connectivity index (χ0n) is 7.55. The molecule has 0 aromatic rings. The Morgan fingerprint density at radius 1 is 1.50 bits per heavy atom. The van der Waals surface area contributed by atoms with Crippen molar-refractivity contribution in [3.8, 4) is 0 Å². The van der Waals surface area contributed by atoms with E-state index in [1.165, 1.54) is 0 Å². The first-order chi connectivity index (χ1) is 4.83. The van der Waals surface area contributed by atoms with Gasteiger partial charge in [0.1, 0.15) is 0 Å². The van der Waals surface area contributed by atoms with Gasteiger partial charge in [0.25, 0.3) is 0 Å². The van der Waals surface area contributed by atoms with Crippen molar-refractivity contribution in [2.45, 2.75) is 40.7 Å². The van der Waals surface area contributed by atoms with Crippen LogP contribution in [0.5, 0.6) is 0 Å². The molecule has 1 N–H and O–H groups in total. The molecule has 0 rings (SSSR count). The second kappa shape index (κ2) is 5.14. The molecule has 12 heavy (non-hydrogen) atoms. The molecule has 0 unspecified atom stereocenters. The van der Waals surface area contributed by atoms with Gasteiger partial charge in [-0.2, -0.15) is 0 Å². The first-order valence-electron chi connectivity index (χ1n) is 3.69. The fraction of sp³-hybridized carbons (Fsp3) is 0.889. The van der Waals surface area contributed by atoms with Gasteiger partial charge >= 0.3 is 5.97 Å². The molecule has 3 nitrogen and oxygen atoms in total. The summed E-state index contributed by atoms with van der Waals surface area (Å²) in [7, 11) is 0. The predicted molar refractivity (Wildman–Crippen MR) is 49.2 cm³/mol. The summed E-state index contributed by atoms with van der Waals surface area (Å²) in [4.78, 5) is 10.3. The Bertz CT molecular complexity index is 135. The van der Waals surface area contributed by atoms with Gasteiger partial charge in [-0.05, 0) is 27.7 Å². The van der Waals surface area contributed by atoms with Crippen LogP contribution in [0.1, 0.15) is 35.1 Å². The number of hydrogen-bond donors (Lipinski definition) is 1. The summed E-state index contributed by atoms with van der Waals surface area (Å²) in [5, 5.41) is 8.50. The molecule has 0 saturated carbocycles. The van der Waals surface area contributed by atoms with Crippen molar-refractivity contribution in [3.63, 3.8) is 0 Å². The molecule has 0 bridgehead atoms. The Labute approximate surface area is 74.7 Å². The van der Waals surface area contributed by atoms with Crippen molar-refractivity contribution in [2.75, 3.05) is 6.61 Å². The highest BCUT2D eigenvalue weighted by atomic mass is 16.5. The van der Waals surface area contributed by atoms with E-state index in [0.717, 1.165) is 0 Å². The lowest BCUT2D eigenvalue weighted by molar-refractivity contribution is -0.145. The largest absolute Gasteiger partial charge is 0.481 e. The Morgan fingerprint density at radius 3 is 2.17 bits per heavy atom. The van der Waals surface area contributed by atoms with Gasteiger partial charge in [0.15, 0.2) is 0 Å². The summed E-state index contributed by atoms with van der Waals surface area (Å²) in [6, 6.07) is 0. The smallest absolute Gasteiger partial charge is 0.308 e. The molecule has 0 spiro atoms. The molecule has 74 valence electrons. The number of carbonyl (C=O) groups is 1. The first kappa shape index (κ1) is 14.0. The fourth-order valence-corrected chi connectivity index (χ4v) is 0.446. The van der Waals surface area contributed by atoms with E-state index in [0.29, 0.717) is 0 Å². The summed E-state index contributed by atoms with van der Waals surface area (Å²) < 4.78 is 5.27.